The third-order valence-electron chi connectivity index (χ3n) is 2.60. The molecule has 0 aromatic heterocycles. The van der Waals surface area contributed by atoms with E-state index in [0.29, 0.717) is 5.54 Å². The Labute approximate surface area is 65.3 Å². The zero-order chi connectivity index (χ0) is 7.61. The molecule has 0 aromatic carbocycles. The third-order valence-corrected chi connectivity index (χ3v) is 4.06. The van der Waals surface area contributed by atoms with Gasteiger partial charge in [0.25, 0.3) is 0 Å². The van der Waals surface area contributed by atoms with Crippen LogP contribution >= 0.6 is 0 Å². The number of hydrogen-bond acceptors (Lipinski definition) is 2. The van der Waals surface area contributed by atoms with Gasteiger partial charge in [-0.3, -0.25) is 0 Å². The summed E-state index contributed by atoms with van der Waals surface area (Å²) >= 11 is 0. The fourth-order valence-corrected chi connectivity index (χ4v) is 2.98. The van der Waals surface area contributed by atoms with Gasteiger partial charge in [-0.1, -0.05) is 0 Å². The predicted octanol–water partition coefficient (Wildman–Crippen LogP) is 0.313. The van der Waals surface area contributed by atoms with Crippen LogP contribution in [0.15, 0.2) is 0 Å². The topological polar surface area (TPSA) is 18.5 Å². The van der Waals surface area contributed by atoms with Crippen LogP contribution in [0.3, 0.4) is 0 Å². The molecule has 0 saturated heterocycles. The molecule has 1 atom stereocenters. The van der Waals surface area contributed by atoms with Gasteiger partial charge in [0.2, 0.25) is 0 Å². The summed E-state index contributed by atoms with van der Waals surface area (Å²) in [6, 6.07) is 0. The summed E-state index contributed by atoms with van der Waals surface area (Å²) in [5.41, 5.74) is 0.683. The highest BCUT2D eigenvalue weighted by Crippen LogP contribution is 2.40. The minimum atomic E-state index is -0.202. The van der Waals surface area contributed by atoms with Crippen LogP contribution in [0.5, 0.6) is 0 Å². The number of rotatable bonds is 2. The van der Waals surface area contributed by atoms with Crippen molar-refractivity contribution in [1.29, 1.82) is 0 Å². The van der Waals surface area contributed by atoms with E-state index in [-0.39, 0.29) is 5.79 Å². The van der Waals surface area contributed by atoms with Gasteiger partial charge >= 0.3 is 0 Å². The van der Waals surface area contributed by atoms with Crippen LogP contribution in [0, 0.1) is 0 Å². The van der Waals surface area contributed by atoms with Gasteiger partial charge in [0.15, 0.2) is 5.79 Å². The van der Waals surface area contributed by atoms with Crippen LogP contribution in [0.1, 0.15) is 19.3 Å². The Morgan fingerprint density at radius 1 is 1.40 bits per heavy atom. The first kappa shape index (κ1) is 8.24. The molecule has 60 valence electrons. The van der Waals surface area contributed by atoms with Gasteiger partial charge in [-0.25, -0.2) is 0 Å². The van der Waals surface area contributed by atoms with E-state index in [1.165, 1.54) is 23.1 Å². The molecule has 0 amide bonds. The largest absolute Gasteiger partial charge is 0.353 e. The van der Waals surface area contributed by atoms with E-state index in [9.17, 15) is 0 Å². The van der Waals surface area contributed by atoms with E-state index < -0.39 is 0 Å². The average Bonchev–Trinajstić information content (AvgIpc) is 2.32. The van der Waals surface area contributed by atoms with Gasteiger partial charge in [0, 0.05) is 30.9 Å². The molecule has 0 heterocycles. The molecule has 1 saturated carbocycles. The molecule has 2 nitrogen and oxygen atoms in total. The maximum absolute atomic E-state index is 5.37. The molecule has 0 bridgehead atoms. The van der Waals surface area contributed by atoms with Gasteiger partial charge in [-0.05, 0) is 18.4 Å². The normalized spacial score (nSPS) is 31.2. The van der Waals surface area contributed by atoms with E-state index in [1.807, 2.05) is 0 Å². The lowest BCUT2D eigenvalue weighted by molar-refractivity contribution is -0.199. The maximum atomic E-state index is 5.37. The summed E-state index contributed by atoms with van der Waals surface area (Å²) in [6.45, 7) is 0. The minimum absolute atomic E-state index is 0.202. The number of hydrogen-bond donors (Lipinski definition) is 0. The Hall–Kier alpha value is 0.137. The summed E-state index contributed by atoms with van der Waals surface area (Å²) < 4.78 is 10.7. The second-order valence-electron chi connectivity index (χ2n) is 3.01. The van der Waals surface area contributed by atoms with Crippen LogP contribution in [0.2, 0.25) is 5.54 Å². The van der Waals surface area contributed by atoms with Crippen molar-refractivity contribution in [2.24, 2.45) is 0 Å². The Bertz CT molecular complexity index is 112. The molecule has 0 radical (unpaired) electrons. The number of ether oxygens (including phenoxy) is 2. The molecule has 1 aliphatic rings. The van der Waals surface area contributed by atoms with Crippen molar-refractivity contribution in [2.75, 3.05) is 14.2 Å². The second kappa shape index (κ2) is 3.03. The van der Waals surface area contributed by atoms with Crippen LogP contribution in [0.25, 0.3) is 0 Å². The highest BCUT2D eigenvalue weighted by molar-refractivity contribution is 6.12. The first-order chi connectivity index (χ1) is 4.75. The molecule has 0 aliphatic heterocycles. The van der Waals surface area contributed by atoms with Crippen LogP contribution in [-0.4, -0.2) is 30.2 Å². The highest BCUT2D eigenvalue weighted by Gasteiger charge is 2.40. The van der Waals surface area contributed by atoms with Gasteiger partial charge in [-0.15, -0.1) is 0 Å². The zero-order valence-electron chi connectivity index (χ0n) is 7.02. The fourth-order valence-electron chi connectivity index (χ4n) is 1.81. The van der Waals surface area contributed by atoms with E-state index in [4.69, 9.17) is 9.47 Å². The Balaban J connectivity index is 2.61. The molecule has 1 fully saturated rings. The summed E-state index contributed by atoms with van der Waals surface area (Å²) in [4.78, 5) is 0. The molecule has 0 spiro atoms. The van der Waals surface area contributed by atoms with E-state index in [0.717, 1.165) is 6.42 Å². The Morgan fingerprint density at radius 2 is 2.00 bits per heavy atom. The number of methoxy groups -OCH3 is 2. The quantitative estimate of drug-likeness (QED) is 0.428. The lowest BCUT2D eigenvalue weighted by Crippen LogP contribution is -2.34. The standard InChI is InChI=1S/C7H16O2Si/c1-8-7(9-2)5-3-4-6(7)10/h6H,3-5H2,1-2,10H3. The van der Waals surface area contributed by atoms with E-state index in [1.54, 1.807) is 14.2 Å². The lowest BCUT2D eigenvalue weighted by atomic mass is 10.2. The summed E-state index contributed by atoms with van der Waals surface area (Å²) in [7, 11) is 4.68. The van der Waals surface area contributed by atoms with Crippen molar-refractivity contribution in [3.05, 3.63) is 0 Å². The molecule has 0 aromatic rings. The monoisotopic (exact) mass is 160 g/mol. The van der Waals surface area contributed by atoms with Gasteiger partial charge < -0.3 is 9.47 Å². The highest BCUT2D eigenvalue weighted by atomic mass is 28.1. The molecule has 3 heteroatoms. The molecule has 10 heavy (non-hydrogen) atoms. The van der Waals surface area contributed by atoms with Crippen LogP contribution < -0.4 is 0 Å². The summed E-state index contributed by atoms with van der Waals surface area (Å²) in [5, 5.41) is 0. The summed E-state index contributed by atoms with van der Waals surface area (Å²) in [6.07, 6.45) is 3.62. The SMILES string of the molecule is COC1(OC)CCCC1[SiH3]. The summed E-state index contributed by atoms with van der Waals surface area (Å²) in [5.74, 6) is -0.202. The Morgan fingerprint density at radius 3 is 2.20 bits per heavy atom. The van der Waals surface area contributed by atoms with Crippen molar-refractivity contribution in [2.45, 2.75) is 30.6 Å². The van der Waals surface area contributed by atoms with E-state index in [2.05, 4.69) is 0 Å². The van der Waals surface area contributed by atoms with E-state index >= 15 is 0 Å². The van der Waals surface area contributed by atoms with Crippen molar-refractivity contribution >= 4 is 10.2 Å². The van der Waals surface area contributed by atoms with Crippen molar-refractivity contribution < 1.29 is 9.47 Å². The first-order valence-corrected chi connectivity index (χ1v) is 5.01. The predicted molar refractivity (Wildman–Crippen MR) is 44.3 cm³/mol. The molecule has 1 rings (SSSR count). The van der Waals surface area contributed by atoms with Crippen LogP contribution in [0.4, 0.5) is 0 Å². The lowest BCUT2D eigenvalue weighted by Gasteiger charge is -2.30. The smallest absolute Gasteiger partial charge is 0.167 e. The van der Waals surface area contributed by atoms with Gasteiger partial charge in [0.05, 0.1) is 0 Å². The fraction of sp³-hybridized carbons (Fsp3) is 1.00. The Kier molecular flexibility index (Phi) is 2.49. The molecular weight excluding hydrogens is 144 g/mol. The van der Waals surface area contributed by atoms with Crippen LogP contribution in [-0.2, 0) is 9.47 Å². The van der Waals surface area contributed by atoms with Gasteiger partial charge in [-0.2, -0.15) is 0 Å². The van der Waals surface area contributed by atoms with Gasteiger partial charge in [0.1, 0.15) is 0 Å². The third kappa shape index (κ3) is 1.13. The molecule has 1 aliphatic carbocycles. The maximum Gasteiger partial charge on any atom is 0.167 e. The molecular formula is C7H16O2Si. The first-order valence-electron chi connectivity index (χ1n) is 3.85. The minimum Gasteiger partial charge on any atom is -0.353 e. The van der Waals surface area contributed by atoms with Crippen molar-refractivity contribution in [1.82, 2.24) is 0 Å². The second-order valence-corrected chi connectivity index (χ2v) is 4.41. The molecule has 1 unspecified atom stereocenters. The zero-order valence-corrected chi connectivity index (χ0v) is 9.02. The van der Waals surface area contributed by atoms with Crippen molar-refractivity contribution in [3.8, 4) is 0 Å². The average molecular weight is 160 g/mol. The molecule has 0 N–H and O–H groups in total. The van der Waals surface area contributed by atoms with Crippen molar-refractivity contribution in [3.63, 3.8) is 0 Å².